The highest BCUT2D eigenvalue weighted by Crippen LogP contribution is 2.32. The molecule has 0 aliphatic rings. The number of aryl methyl sites for hydroxylation is 3. The second kappa shape index (κ2) is 10.6. The highest BCUT2D eigenvalue weighted by atomic mass is 32.2. The third kappa shape index (κ3) is 6.08. The minimum atomic E-state index is -3.68. The molecule has 2 aromatic carbocycles. The van der Waals surface area contributed by atoms with E-state index >= 15 is 0 Å². The van der Waals surface area contributed by atoms with Crippen molar-refractivity contribution in [1.29, 1.82) is 0 Å². The van der Waals surface area contributed by atoms with E-state index in [4.69, 9.17) is 4.74 Å². The molecule has 0 aromatic heterocycles. The number of rotatable bonds is 9. The van der Waals surface area contributed by atoms with Crippen molar-refractivity contribution in [2.75, 3.05) is 17.7 Å². The Balaban J connectivity index is 2.41. The number of nitrogens with zero attached hydrogens (tertiary/aromatic N) is 1. The molecule has 33 heavy (non-hydrogen) atoms. The summed E-state index contributed by atoms with van der Waals surface area (Å²) in [4.78, 5) is 13.4. The molecule has 6 nitrogen and oxygen atoms in total. The SMILES string of the molecule is CC[C@H](C(=O)N[C@H](C)c1cc(C(C)C)c(OC)cc1C)N(c1ccc(C)c(C)c1)S(C)(=O)=O. The predicted octanol–water partition coefficient (Wildman–Crippen LogP) is 5.17. The van der Waals surface area contributed by atoms with Crippen molar-refractivity contribution in [3.8, 4) is 5.75 Å². The number of sulfonamides is 1. The lowest BCUT2D eigenvalue weighted by Gasteiger charge is -2.31. The summed E-state index contributed by atoms with van der Waals surface area (Å²) in [6.45, 7) is 13.8. The zero-order chi connectivity index (χ0) is 25.1. The van der Waals surface area contributed by atoms with Crippen molar-refractivity contribution in [3.05, 3.63) is 58.1 Å². The van der Waals surface area contributed by atoms with Gasteiger partial charge in [0, 0.05) is 0 Å². The Morgan fingerprint density at radius 2 is 1.64 bits per heavy atom. The molecule has 0 spiro atoms. The molecule has 7 heteroatoms. The number of hydrogen-bond donors (Lipinski definition) is 1. The van der Waals surface area contributed by atoms with Crippen molar-refractivity contribution in [2.45, 2.75) is 72.9 Å². The molecular weight excluding hydrogens is 436 g/mol. The van der Waals surface area contributed by atoms with Gasteiger partial charge in [-0.25, -0.2) is 8.42 Å². The second-order valence-electron chi connectivity index (χ2n) is 9.09. The van der Waals surface area contributed by atoms with Gasteiger partial charge in [0.25, 0.3) is 0 Å². The van der Waals surface area contributed by atoms with Crippen molar-refractivity contribution >= 4 is 21.6 Å². The Labute approximate surface area is 199 Å². The zero-order valence-corrected chi connectivity index (χ0v) is 22.1. The van der Waals surface area contributed by atoms with E-state index in [1.165, 1.54) is 4.31 Å². The third-order valence-electron chi connectivity index (χ3n) is 6.14. The lowest BCUT2D eigenvalue weighted by molar-refractivity contribution is -0.122. The first kappa shape index (κ1) is 26.7. The first-order valence-corrected chi connectivity index (χ1v) is 13.2. The topological polar surface area (TPSA) is 75.7 Å². The van der Waals surface area contributed by atoms with Gasteiger partial charge in [-0.15, -0.1) is 0 Å². The minimum Gasteiger partial charge on any atom is -0.496 e. The summed E-state index contributed by atoms with van der Waals surface area (Å²) in [5, 5.41) is 3.05. The first-order chi connectivity index (χ1) is 15.3. The van der Waals surface area contributed by atoms with Crippen molar-refractivity contribution < 1.29 is 17.9 Å². The third-order valence-corrected chi connectivity index (χ3v) is 7.32. The summed E-state index contributed by atoms with van der Waals surface area (Å²) in [5.41, 5.74) is 5.59. The summed E-state index contributed by atoms with van der Waals surface area (Å²) in [7, 11) is -2.03. The minimum absolute atomic E-state index is 0.260. The van der Waals surface area contributed by atoms with Gasteiger partial charge in [-0.1, -0.05) is 26.8 Å². The molecule has 0 unspecified atom stereocenters. The molecule has 0 radical (unpaired) electrons. The molecule has 2 rings (SSSR count). The first-order valence-electron chi connectivity index (χ1n) is 11.4. The van der Waals surface area contributed by atoms with Gasteiger partial charge in [0.2, 0.25) is 15.9 Å². The molecule has 0 fully saturated rings. The summed E-state index contributed by atoms with van der Waals surface area (Å²) in [6, 6.07) is 8.36. The average Bonchev–Trinajstić information content (AvgIpc) is 2.72. The van der Waals surface area contributed by atoms with Crippen LogP contribution in [0.4, 0.5) is 5.69 Å². The van der Waals surface area contributed by atoms with Crippen molar-refractivity contribution in [2.24, 2.45) is 0 Å². The average molecular weight is 475 g/mol. The molecule has 0 saturated heterocycles. The van der Waals surface area contributed by atoms with E-state index in [1.807, 2.05) is 52.8 Å². The van der Waals surface area contributed by atoms with Gasteiger partial charge in [-0.3, -0.25) is 9.10 Å². The Bertz CT molecular complexity index is 1110. The summed E-state index contributed by atoms with van der Waals surface area (Å²) < 4.78 is 32.3. The number of carbonyl (C=O) groups excluding carboxylic acids is 1. The quantitative estimate of drug-likeness (QED) is 0.544. The summed E-state index contributed by atoms with van der Waals surface area (Å²) in [5.74, 6) is 0.764. The molecule has 0 saturated carbocycles. The number of nitrogens with one attached hydrogen (secondary N) is 1. The van der Waals surface area contributed by atoms with E-state index < -0.39 is 16.1 Å². The molecule has 2 atom stereocenters. The molecule has 1 amide bonds. The lowest BCUT2D eigenvalue weighted by atomic mass is 9.93. The zero-order valence-electron chi connectivity index (χ0n) is 21.3. The van der Waals surface area contributed by atoms with Crippen LogP contribution < -0.4 is 14.4 Å². The number of carbonyl (C=O) groups is 1. The van der Waals surface area contributed by atoms with E-state index in [1.54, 1.807) is 13.2 Å². The van der Waals surface area contributed by atoms with Gasteiger partial charge in [0.15, 0.2) is 0 Å². The number of benzene rings is 2. The van der Waals surface area contributed by atoms with Crippen LogP contribution in [0.2, 0.25) is 0 Å². The van der Waals surface area contributed by atoms with Gasteiger partial charge in [-0.2, -0.15) is 0 Å². The maximum Gasteiger partial charge on any atom is 0.244 e. The number of ether oxygens (including phenoxy) is 1. The molecule has 1 N–H and O–H groups in total. The highest BCUT2D eigenvalue weighted by molar-refractivity contribution is 7.92. The van der Waals surface area contributed by atoms with E-state index in [2.05, 4.69) is 25.2 Å². The van der Waals surface area contributed by atoms with Crippen LogP contribution in [-0.4, -0.2) is 33.7 Å². The van der Waals surface area contributed by atoms with Crippen LogP contribution in [0.3, 0.4) is 0 Å². The fourth-order valence-electron chi connectivity index (χ4n) is 4.12. The second-order valence-corrected chi connectivity index (χ2v) is 10.9. The number of hydrogen-bond acceptors (Lipinski definition) is 4. The Kier molecular flexibility index (Phi) is 8.57. The van der Waals surface area contributed by atoms with Gasteiger partial charge in [0.05, 0.1) is 25.1 Å². The largest absolute Gasteiger partial charge is 0.496 e. The molecule has 0 bridgehead atoms. The Hall–Kier alpha value is -2.54. The van der Waals surface area contributed by atoms with Crippen LogP contribution in [-0.2, 0) is 14.8 Å². The fraction of sp³-hybridized carbons (Fsp3) is 0.500. The van der Waals surface area contributed by atoms with Crippen molar-refractivity contribution in [3.63, 3.8) is 0 Å². The fourth-order valence-corrected chi connectivity index (χ4v) is 5.32. The van der Waals surface area contributed by atoms with Gasteiger partial charge >= 0.3 is 0 Å². The lowest BCUT2D eigenvalue weighted by Crippen LogP contribution is -2.49. The van der Waals surface area contributed by atoms with E-state index in [-0.39, 0.29) is 17.9 Å². The van der Waals surface area contributed by atoms with Crippen LogP contribution in [0.25, 0.3) is 0 Å². The van der Waals surface area contributed by atoms with Gasteiger partial charge < -0.3 is 10.1 Å². The number of anilines is 1. The van der Waals surface area contributed by atoms with Gasteiger partial charge in [0.1, 0.15) is 11.8 Å². The monoisotopic (exact) mass is 474 g/mol. The number of amides is 1. The Morgan fingerprint density at radius 1 is 1.00 bits per heavy atom. The molecular formula is C26H38N2O4S. The van der Waals surface area contributed by atoms with Crippen molar-refractivity contribution in [1.82, 2.24) is 5.32 Å². The van der Waals surface area contributed by atoms with Crippen LogP contribution in [0.5, 0.6) is 5.75 Å². The summed E-state index contributed by atoms with van der Waals surface area (Å²) in [6.07, 6.45) is 1.49. The highest BCUT2D eigenvalue weighted by Gasteiger charge is 2.32. The van der Waals surface area contributed by atoms with E-state index in [9.17, 15) is 13.2 Å². The van der Waals surface area contributed by atoms with E-state index in [0.29, 0.717) is 12.1 Å². The molecule has 0 aliphatic heterocycles. The maximum atomic E-state index is 13.4. The van der Waals surface area contributed by atoms with Crippen LogP contribution >= 0.6 is 0 Å². The molecule has 0 heterocycles. The molecule has 0 aliphatic carbocycles. The normalized spacial score (nSPS) is 13.5. The van der Waals surface area contributed by atoms with Crippen LogP contribution in [0.15, 0.2) is 30.3 Å². The van der Waals surface area contributed by atoms with Gasteiger partial charge in [-0.05, 0) is 92.1 Å². The Morgan fingerprint density at radius 3 is 2.12 bits per heavy atom. The maximum absolute atomic E-state index is 13.4. The predicted molar refractivity (Wildman–Crippen MR) is 136 cm³/mol. The standard InChI is InChI=1S/C26H38N2O4S/c1-10-24(28(33(9,30)31)21-12-11-17(4)18(5)13-21)26(29)27-20(7)23-15-22(16(2)3)25(32-8)14-19(23)6/h11-16,20,24H,10H2,1-9H3,(H,27,29)/t20-,24-/m1/s1. The number of methoxy groups -OCH3 is 1. The smallest absolute Gasteiger partial charge is 0.244 e. The molecule has 182 valence electrons. The van der Waals surface area contributed by atoms with Crippen LogP contribution in [0, 0.1) is 20.8 Å². The van der Waals surface area contributed by atoms with E-state index in [0.717, 1.165) is 39.8 Å². The van der Waals surface area contributed by atoms with Crippen LogP contribution in [0.1, 0.15) is 73.9 Å². The molecule has 2 aromatic rings. The summed E-state index contributed by atoms with van der Waals surface area (Å²) >= 11 is 0.